The number of benzene rings is 4. The molecule has 4 aliphatic rings. The van der Waals surface area contributed by atoms with E-state index in [1.165, 1.54) is 17.9 Å². The molecule has 10 nitrogen and oxygen atoms in total. The molecule has 0 saturated carbocycles. The quantitative estimate of drug-likeness (QED) is 0.158. The van der Waals surface area contributed by atoms with Gasteiger partial charge in [0.1, 0.15) is 29.0 Å². The standard InChI is InChI=1S/C41H45N3O7/c1-42-21-41(49-22-43-2)19-33-32-16-26(15-23-4-10-34-24(14-23)12-13-44-34)31-18-27(46)6-8-29(31)37(32)39-30(9-7-28(20-45)50-39)38(33)51-40(41)25-5-11-35(47)36(17-25)48-3/h4-6,8,10-12,14,17-18,26,28,40,42-43,45-47H,7,9,13,15-16,19-22H2,1-3H3/t26-,28-,40-,41+/m1/s1. The largest absolute Gasteiger partial charge is 0.508 e. The molecule has 0 unspecified atom stereocenters. The van der Waals surface area contributed by atoms with Gasteiger partial charge < -0.3 is 39.6 Å². The number of ether oxygens (including phenoxy) is 4. The molecule has 0 spiro atoms. The second-order valence-corrected chi connectivity index (χ2v) is 14.1. The van der Waals surface area contributed by atoms with Gasteiger partial charge in [-0.05, 0) is 115 Å². The summed E-state index contributed by atoms with van der Waals surface area (Å²) in [6, 6.07) is 17.5. The Morgan fingerprint density at radius 1 is 0.961 bits per heavy atom. The van der Waals surface area contributed by atoms with Gasteiger partial charge in [0.2, 0.25) is 0 Å². The van der Waals surface area contributed by atoms with Gasteiger partial charge in [0.25, 0.3) is 0 Å². The van der Waals surface area contributed by atoms with Crippen LogP contribution in [-0.4, -0.2) is 74.7 Å². The number of nitrogens with one attached hydrogen (secondary N) is 2. The number of methoxy groups -OCH3 is 1. The fourth-order valence-corrected chi connectivity index (χ4v) is 8.63. The van der Waals surface area contributed by atoms with Gasteiger partial charge in [-0.25, -0.2) is 0 Å². The second-order valence-electron chi connectivity index (χ2n) is 14.1. The Balaban J connectivity index is 1.34. The van der Waals surface area contributed by atoms with Crippen molar-refractivity contribution in [3.05, 3.63) is 98.6 Å². The number of likely N-dealkylation sites (N-methyl/N-ethyl adjacent to an activating group) is 1. The van der Waals surface area contributed by atoms with Crippen molar-refractivity contribution in [2.24, 2.45) is 4.99 Å². The maximum Gasteiger partial charge on any atom is 0.160 e. The minimum Gasteiger partial charge on any atom is -0.508 e. The number of aliphatic hydroxyl groups excluding tert-OH is 1. The zero-order valence-corrected chi connectivity index (χ0v) is 29.3. The molecule has 3 aliphatic heterocycles. The highest BCUT2D eigenvalue weighted by Crippen LogP contribution is 2.57. The Hall–Kier alpha value is -4.61. The van der Waals surface area contributed by atoms with E-state index in [0.717, 1.165) is 62.2 Å². The number of aliphatic hydroxyl groups is 1. The number of rotatable bonds is 10. The first kappa shape index (κ1) is 33.5. The molecule has 0 aromatic heterocycles. The van der Waals surface area contributed by atoms with E-state index in [0.29, 0.717) is 51.3 Å². The van der Waals surface area contributed by atoms with Crippen molar-refractivity contribution >= 4 is 6.08 Å². The van der Waals surface area contributed by atoms with Gasteiger partial charge in [-0.3, -0.25) is 10.3 Å². The van der Waals surface area contributed by atoms with Gasteiger partial charge in [-0.1, -0.05) is 24.3 Å². The van der Waals surface area contributed by atoms with Gasteiger partial charge >= 0.3 is 0 Å². The molecule has 51 heavy (non-hydrogen) atoms. The average Bonchev–Trinajstić information content (AvgIpc) is 3.62. The summed E-state index contributed by atoms with van der Waals surface area (Å²) in [5.41, 5.74) is 7.51. The van der Waals surface area contributed by atoms with Crippen molar-refractivity contribution in [3.8, 4) is 39.9 Å². The summed E-state index contributed by atoms with van der Waals surface area (Å²) in [5.74, 6) is 2.24. The molecule has 8 rings (SSSR count). The highest BCUT2D eigenvalue weighted by molar-refractivity contribution is 5.85. The molecule has 4 aromatic rings. The number of phenolic OH excluding ortho intramolecular Hbond substituents is 2. The number of aromatic hydroxyl groups is 2. The smallest absolute Gasteiger partial charge is 0.160 e. The van der Waals surface area contributed by atoms with E-state index < -0.39 is 11.7 Å². The molecule has 0 saturated heterocycles. The van der Waals surface area contributed by atoms with Gasteiger partial charge in [-0.2, -0.15) is 0 Å². The summed E-state index contributed by atoms with van der Waals surface area (Å²) < 4.78 is 26.2. The van der Waals surface area contributed by atoms with Crippen LogP contribution >= 0.6 is 0 Å². The second kappa shape index (κ2) is 13.5. The van der Waals surface area contributed by atoms with Crippen LogP contribution in [0.2, 0.25) is 0 Å². The van der Waals surface area contributed by atoms with Crippen LogP contribution in [0.25, 0.3) is 17.2 Å². The van der Waals surface area contributed by atoms with Crippen LogP contribution in [0, 0.1) is 0 Å². The molecule has 3 heterocycles. The molecule has 10 heteroatoms. The van der Waals surface area contributed by atoms with Crippen molar-refractivity contribution < 1.29 is 34.3 Å². The monoisotopic (exact) mass is 691 g/mol. The number of fused-ring (bicyclic) bond motifs is 9. The maximum atomic E-state index is 10.8. The topological polar surface area (TPSA) is 134 Å². The lowest BCUT2D eigenvalue weighted by Gasteiger charge is -2.47. The Labute approximate surface area is 297 Å². The average molecular weight is 692 g/mol. The van der Waals surface area contributed by atoms with Crippen LogP contribution in [0.4, 0.5) is 0 Å². The zero-order chi connectivity index (χ0) is 35.3. The minimum absolute atomic E-state index is 0.0501. The van der Waals surface area contributed by atoms with E-state index in [1.807, 2.05) is 38.4 Å². The molecule has 266 valence electrons. The Bertz CT molecular complexity index is 2120. The number of hydrogen-bond acceptors (Lipinski definition) is 10. The molecule has 5 N–H and O–H groups in total. The van der Waals surface area contributed by atoms with Crippen molar-refractivity contribution in [1.82, 2.24) is 10.6 Å². The third kappa shape index (κ3) is 5.80. The fraction of sp³-hybridized carbons (Fsp3) is 0.390. The summed E-state index contributed by atoms with van der Waals surface area (Å²) in [4.78, 5) is 4.58. The first-order chi connectivity index (χ1) is 24.9. The van der Waals surface area contributed by atoms with Crippen LogP contribution in [0.5, 0.6) is 28.7 Å². The third-order valence-electron chi connectivity index (χ3n) is 10.9. The highest BCUT2D eigenvalue weighted by atomic mass is 16.6. The summed E-state index contributed by atoms with van der Waals surface area (Å²) >= 11 is 0. The summed E-state index contributed by atoms with van der Waals surface area (Å²) in [6.45, 7) is 1.41. The van der Waals surface area contributed by atoms with Crippen LogP contribution in [0.1, 0.15) is 51.8 Å². The van der Waals surface area contributed by atoms with Crippen LogP contribution in [0.3, 0.4) is 0 Å². The Kier molecular flexibility index (Phi) is 8.88. The van der Waals surface area contributed by atoms with E-state index in [1.54, 1.807) is 12.1 Å². The molecule has 1 aliphatic carbocycles. The number of phenols is 2. The highest BCUT2D eigenvalue weighted by Gasteiger charge is 2.50. The van der Waals surface area contributed by atoms with Gasteiger partial charge in [0, 0.05) is 29.7 Å². The lowest BCUT2D eigenvalue weighted by molar-refractivity contribution is -0.128. The molecular weight excluding hydrogens is 646 g/mol. The number of hydrogen-bond donors (Lipinski definition) is 5. The van der Waals surface area contributed by atoms with Gasteiger partial charge in [-0.15, -0.1) is 0 Å². The third-order valence-corrected chi connectivity index (χ3v) is 10.9. The molecule has 0 bridgehead atoms. The van der Waals surface area contributed by atoms with Crippen molar-refractivity contribution in [2.45, 2.75) is 55.8 Å². The first-order valence-electron chi connectivity index (χ1n) is 17.8. The number of nitrogens with zero attached hydrogens (tertiary/aromatic N) is 1. The van der Waals surface area contributed by atoms with E-state index in [-0.39, 0.29) is 30.1 Å². The SMILES string of the molecule is CNCO[C@]1(CNC)Cc2c3c(c4c(c2O[C@@H]1c1ccc(O)c(OC)c1)CC[C@H](CO)O4)-c1ccc(O)cc1[C@H](Cc1ccc2c(c1)=CCN=2)C3. The first-order valence-corrected chi connectivity index (χ1v) is 17.8. The normalized spacial score (nSPS) is 22.5. The summed E-state index contributed by atoms with van der Waals surface area (Å²) in [6.07, 6.45) is 4.61. The molecule has 0 fully saturated rings. The zero-order valence-electron chi connectivity index (χ0n) is 29.3. The lowest BCUT2D eigenvalue weighted by Crippen LogP contribution is -2.54. The van der Waals surface area contributed by atoms with Crippen LogP contribution < -0.4 is 35.4 Å². The van der Waals surface area contributed by atoms with E-state index in [4.69, 9.17) is 18.9 Å². The predicted molar refractivity (Wildman–Crippen MR) is 193 cm³/mol. The van der Waals surface area contributed by atoms with Crippen LogP contribution in [0.15, 0.2) is 59.6 Å². The van der Waals surface area contributed by atoms with Crippen LogP contribution in [-0.2, 0) is 30.4 Å². The molecule has 4 aromatic carbocycles. The summed E-state index contributed by atoms with van der Waals surface area (Å²) in [5, 5.41) is 40.3. The Morgan fingerprint density at radius 3 is 2.65 bits per heavy atom. The lowest BCUT2D eigenvalue weighted by atomic mass is 9.70. The van der Waals surface area contributed by atoms with Gasteiger partial charge in [0.15, 0.2) is 17.6 Å². The van der Waals surface area contributed by atoms with Crippen molar-refractivity contribution in [2.75, 3.05) is 47.6 Å². The van der Waals surface area contributed by atoms with Crippen molar-refractivity contribution in [1.29, 1.82) is 0 Å². The fourth-order valence-electron chi connectivity index (χ4n) is 8.63. The Morgan fingerprint density at radius 2 is 1.84 bits per heavy atom. The predicted octanol–water partition coefficient (Wildman–Crippen LogP) is 3.58. The van der Waals surface area contributed by atoms with E-state index >= 15 is 0 Å². The molecule has 0 amide bonds. The van der Waals surface area contributed by atoms with Crippen molar-refractivity contribution in [3.63, 3.8) is 0 Å². The van der Waals surface area contributed by atoms with E-state index in [9.17, 15) is 15.3 Å². The molecule has 0 radical (unpaired) electrons. The molecular formula is C41H45N3O7. The minimum atomic E-state index is -0.845. The van der Waals surface area contributed by atoms with E-state index in [2.05, 4.69) is 39.9 Å². The maximum absolute atomic E-state index is 10.8. The molecule has 4 atom stereocenters. The van der Waals surface area contributed by atoms with Gasteiger partial charge in [0.05, 0.1) is 32.3 Å². The summed E-state index contributed by atoms with van der Waals surface area (Å²) in [7, 11) is 5.31.